The van der Waals surface area contributed by atoms with Crippen molar-refractivity contribution in [3.8, 4) is 0 Å². The van der Waals surface area contributed by atoms with E-state index in [2.05, 4.69) is 10.2 Å². The second-order valence-electron chi connectivity index (χ2n) is 3.19. The highest BCUT2D eigenvalue weighted by molar-refractivity contribution is 6.40. The summed E-state index contributed by atoms with van der Waals surface area (Å²) < 4.78 is 0. The summed E-state index contributed by atoms with van der Waals surface area (Å²) in [7, 11) is 0. The van der Waals surface area contributed by atoms with Crippen molar-refractivity contribution >= 4 is 34.0 Å². The van der Waals surface area contributed by atoms with Gasteiger partial charge in [0.15, 0.2) is 0 Å². The van der Waals surface area contributed by atoms with E-state index >= 15 is 0 Å². The number of rotatable bonds is 0. The third kappa shape index (κ3) is 1.26. The summed E-state index contributed by atoms with van der Waals surface area (Å²) in [5.41, 5.74) is 1.89. The van der Waals surface area contributed by atoms with E-state index in [0.717, 1.165) is 21.9 Å². The average molecular weight is 227 g/mol. The first-order valence-electron chi connectivity index (χ1n) is 4.17. The smallest absolute Gasteiger partial charge is 0.0589 e. The minimum absolute atomic E-state index is 0.658. The zero-order valence-electron chi connectivity index (χ0n) is 7.81. The van der Waals surface area contributed by atoms with Gasteiger partial charge in [-0.2, -0.15) is 10.2 Å². The second-order valence-corrected chi connectivity index (χ2v) is 3.95. The Hall–Kier alpha value is -0.860. The molecule has 14 heavy (non-hydrogen) atoms. The van der Waals surface area contributed by atoms with Crippen LogP contribution in [0.5, 0.6) is 0 Å². The van der Waals surface area contributed by atoms with Crippen LogP contribution in [0.25, 0.3) is 10.8 Å². The third-order valence-electron chi connectivity index (χ3n) is 2.36. The molecule has 0 fully saturated rings. The Morgan fingerprint density at radius 2 is 1.43 bits per heavy atom. The molecule has 0 saturated heterocycles. The van der Waals surface area contributed by atoms with E-state index in [1.54, 1.807) is 12.4 Å². The Labute approximate surface area is 91.9 Å². The van der Waals surface area contributed by atoms with E-state index in [1.165, 1.54) is 0 Å². The predicted octanol–water partition coefficient (Wildman–Crippen LogP) is 3.55. The van der Waals surface area contributed by atoms with Gasteiger partial charge in [-0.15, -0.1) is 0 Å². The lowest BCUT2D eigenvalue weighted by molar-refractivity contribution is 1.05. The van der Waals surface area contributed by atoms with E-state index in [9.17, 15) is 0 Å². The van der Waals surface area contributed by atoms with Crippen molar-refractivity contribution in [2.45, 2.75) is 13.8 Å². The van der Waals surface area contributed by atoms with Gasteiger partial charge in [0.1, 0.15) is 0 Å². The number of nitrogens with zero attached hydrogens (tertiary/aromatic N) is 2. The summed E-state index contributed by atoms with van der Waals surface area (Å²) in [5, 5.41) is 10.9. The molecule has 2 aromatic rings. The van der Waals surface area contributed by atoms with Crippen LogP contribution in [0.15, 0.2) is 12.4 Å². The van der Waals surface area contributed by atoms with Gasteiger partial charge in [-0.25, -0.2) is 0 Å². The lowest BCUT2D eigenvalue weighted by Gasteiger charge is -2.09. The number of hydrogen-bond donors (Lipinski definition) is 0. The molecule has 0 atom stereocenters. The maximum Gasteiger partial charge on any atom is 0.0589 e. The number of aromatic nitrogens is 2. The topological polar surface area (TPSA) is 25.8 Å². The molecule has 0 aliphatic heterocycles. The van der Waals surface area contributed by atoms with Crippen molar-refractivity contribution in [1.82, 2.24) is 10.2 Å². The summed E-state index contributed by atoms with van der Waals surface area (Å²) in [6, 6.07) is 0. The monoisotopic (exact) mass is 226 g/mol. The highest BCUT2D eigenvalue weighted by Gasteiger charge is 2.11. The molecular formula is C10H8Cl2N2. The molecule has 0 aliphatic rings. The van der Waals surface area contributed by atoms with Crippen molar-refractivity contribution in [2.75, 3.05) is 0 Å². The summed E-state index contributed by atoms with van der Waals surface area (Å²) >= 11 is 12.3. The summed E-state index contributed by atoms with van der Waals surface area (Å²) in [4.78, 5) is 0. The molecular weight excluding hydrogens is 219 g/mol. The largest absolute Gasteiger partial charge is 0.158 e. The molecule has 4 heteroatoms. The van der Waals surface area contributed by atoms with Gasteiger partial charge in [0.05, 0.1) is 17.4 Å². The summed E-state index contributed by atoms with van der Waals surface area (Å²) in [6.07, 6.45) is 3.34. The molecule has 0 saturated carbocycles. The molecule has 0 unspecified atom stereocenters. The molecule has 0 bridgehead atoms. The van der Waals surface area contributed by atoms with Crippen LogP contribution in [-0.4, -0.2) is 10.2 Å². The minimum atomic E-state index is 0.658. The van der Waals surface area contributed by atoms with Crippen molar-refractivity contribution in [3.05, 3.63) is 33.6 Å². The van der Waals surface area contributed by atoms with E-state index in [4.69, 9.17) is 23.2 Å². The first-order valence-corrected chi connectivity index (χ1v) is 4.93. The molecule has 0 aliphatic carbocycles. The van der Waals surface area contributed by atoms with Crippen LogP contribution in [-0.2, 0) is 0 Å². The van der Waals surface area contributed by atoms with E-state index < -0.39 is 0 Å². The van der Waals surface area contributed by atoms with Crippen LogP contribution in [0, 0.1) is 13.8 Å². The molecule has 72 valence electrons. The van der Waals surface area contributed by atoms with Gasteiger partial charge in [-0.05, 0) is 25.0 Å². The van der Waals surface area contributed by atoms with Crippen LogP contribution in [0.2, 0.25) is 10.0 Å². The molecule has 1 aromatic carbocycles. The molecule has 2 rings (SSSR count). The van der Waals surface area contributed by atoms with E-state index in [0.29, 0.717) is 10.0 Å². The van der Waals surface area contributed by atoms with Crippen molar-refractivity contribution in [3.63, 3.8) is 0 Å². The Morgan fingerprint density at radius 3 is 2.07 bits per heavy atom. The highest BCUT2D eigenvalue weighted by atomic mass is 35.5. The molecule has 2 nitrogen and oxygen atoms in total. The fraction of sp³-hybridized carbons (Fsp3) is 0.200. The molecule has 0 spiro atoms. The van der Waals surface area contributed by atoms with Crippen LogP contribution >= 0.6 is 23.2 Å². The highest BCUT2D eigenvalue weighted by Crippen LogP contribution is 2.35. The Balaban J connectivity index is 3.02. The Morgan fingerprint density at radius 1 is 0.857 bits per heavy atom. The van der Waals surface area contributed by atoms with Gasteiger partial charge in [0.25, 0.3) is 0 Å². The first kappa shape index (κ1) is 9.69. The Kier molecular flexibility index (Phi) is 2.33. The van der Waals surface area contributed by atoms with Crippen molar-refractivity contribution in [1.29, 1.82) is 0 Å². The van der Waals surface area contributed by atoms with Gasteiger partial charge < -0.3 is 0 Å². The van der Waals surface area contributed by atoms with Gasteiger partial charge in [0.2, 0.25) is 0 Å². The first-order chi connectivity index (χ1) is 6.63. The number of halogens is 2. The lowest BCUT2D eigenvalue weighted by atomic mass is 10.1. The molecule has 1 heterocycles. The lowest BCUT2D eigenvalue weighted by Crippen LogP contribution is -1.90. The number of hydrogen-bond acceptors (Lipinski definition) is 2. The van der Waals surface area contributed by atoms with E-state index in [-0.39, 0.29) is 0 Å². The van der Waals surface area contributed by atoms with Crippen LogP contribution in [0.3, 0.4) is 0 Å². The quantitative estimate of drug-likeness (QED) is 0.687. The van der Waals surface area contributed by atoms with Crippen molar-refractivity contribution < 1.29 is 0 Å². The Bertz CT molecular complexity index is 462. The van der Waals surface area contributed by atoms with Gasteiger partial charge in [-0.1, -0.05) is 23.2 Å². The van der Waals surface area contributed by atoms with Gasteiger partial charge >= 0.3 is 0 Å². The van der Waals surface area contributed by atoms with E-state index in [1.807, 2.05) is 13.8 Å². The summed E-state index contributed by atoms with van der Waals surface area (Å²) in [5.74, 6) is 0. The molecule has 0 N–H and O–H groups in total. The number of fused-ring (bicyclic) bond motifs is 1. The van der Waals surface area contributed by atoms with Crippen molar-refractivity contribution in [2.24, 2.45) is 0 Å². The molecule has 0 radical (unpaired) electrons. The minimum Gasteiger partial charge on any atom is -0.158 e. The van der Waals surface area contributed by atoms with Gasteiger partial charge in [-0.3, -0.25) is 0 Å². The SMILES string of the molecule is Cc1c(Cl)c(C)c2cnncc2c1Cl. The molecule has 0 amide bonds. The van der Waals surface area contributed by atoms with Gasteiger partial charge in [0, 0.05) is 15.8 Å². The summed E-state index contributed by atoms with van der Waals surface area (Å²) in [6.45, 7) is 3.85. The fourth-order valence-corrected chi connectivity index (χ4v) is 1.98. The standard InChI is InChI=1S/C10H8Cl2N2/c1-5-7-3-13-14-4-8(7)10(12)6(2)9(5)11/h3-4H,1-2H3. The number of benzene rings is 1. The normalized spacial score (nSPS) is 10.9. The van der Waals surface area contributed by atoms with Crippen LogP contribution in [0.1, 0.15) is 11.1 Å². The average Bonchev–Trinajstić information content (AvgIpc) is 2.23. The second kappa shape index (κ2) is 3.37. The maximum atomic E-state index is 6.15. The fourth-order valence-electron chi connectivity index (χ4n) is 1.49. The predicted molar refractivity (Wildman–Crippen MR) is 59.0 cm³/mol. The van der Waals surface area contributed by atoms with Crippen LogP contribution < -0.4 is 0 Å². The number of aryl methyl sites for hydroxylation is 1. The molecule has 1 aromatic heterocycles. The van der Waals surface area contributed by atoms with Crippen LogP contribution in [0.4, 0.5) is 0 Å². The zero-order valence-corrected chi connectivity index (χ0v) is 9.32. The zero-order chi connectivity index (χ0) is 10.3. The third-order valence-corrected chi connectivity index (χ3v) is 3.41. The maximum absolute atomic E-state index is 6.15.